The van der Waals surface area contributed by atoms with Gasteiger partial charge in [0.25, 0.3) is 5.91 Å². The third-order valence-electron chi connectivity index (χ3n) is 5.27. The van der Waals surface area contributed by atoms with E-state index in [-0.39, 0.29) is 5.91 Å². The monoisotopic (exact) mass is 333 g/mol. The molecule has 25 heavy (non-hydrogen) atoms. The summed E-state index contributed by atoms with van der Waals surface area (Å²) >= 11 is 0. The van der Waals surface area contributed by atoms with Crippen molar-refractivity contribution >= 4 is 28.2 Å². The van der Waals surface area contributed by atoms with Crippen LogP contribution in [0.3, 0.4) is 0 Å². The summed E-state index contributed by atoms with van der Waals surface area (Å²) < 4.78 is 2.29. The fraction of sp³-hybridized carbons (Fsp3) is 0.286. The van der Waals surface area contributed by atoms with Crippen molar-refractivity contribution in [2.75, 3.05) is 11.1 Å². The predicted molar refractivity (Wildman–Crippen MR) is 103 cm³/mol. The van der Waals surface area contributed by atoms with Crippen molar-refractivity contribution in [3.05, 3.63) is 59.3 Å². The first-order chi connectivity index (χ1) is 12.0. The molecule has 3 N–H and O–H groups in total. The number of aromatic nitrogens is 1. The van der Waals surface area contributed by atoms with Gasteiger partial charge in [-0.1, -0.05) is 13.0 Å². The second kappa shape index (κ2) is 5.96. The molecule has 1 aliphatic carbocycles. The van der Waals surface area contributed by atoms with Crippen LogP contribution < -0.4 is 11.1 Å². The van der Waals surface area contributed by atoms with Gasteiger partial charge in [-0.15, -0.1) is 0 Å². The van der Waals surface area contributed by atoms with E-state index in [4.69, 9.17) is 5.73 Å². The molecule has 0 radical (unpaired) electrons. The number of aryl methyl sites for hydroxylation is 1. The van der Waals surface area contributed by atoms with Gasteiger partial charge in [-0.3, -0.25) is 4.79 Å². The Hall–Kier alpha value is -2.75. The molecular formula is C21H23N3O. The smallest absolute Gasteiger partial charge is 0.255 e. The lowest BCUT2D eigenvalue weighted by atomic mass is 9.87. The topological polar surface area (TPSA) is 60.1 Å². The van der Waals surface area contributed by atoms with E-state index in [1.165, 1.54) is 28.6 Å². The number of amides is 1. The molecule has 1 unspecified atom stereocenters. The van der Waals surface area contributed by atoms with Gasteiger partial charge >= 0.3 is 0 Å². The van der Waals surface area contributed by atoms with Crippen LogP contribution in [0.15, 0.2) is 42.5 Å². The van der Waals surface area contributed by atoms with Crippen molar-refractivity contribution in [3.63, 3.8) is 0 Å². The molecule has 0 spiro atoms. The Kier molecular flexibility index (Phi) is 3.75. The van der Waals surface area contributed by atoms with Crippen molar-refractivity contribution in [1.82, 2.24) is 4.57 Å². The number of nitrogens with zero attached hydrogens (tertiary/aromatic N) is 1. The first kappa shape index (κ1) is 15.8. The maximum Gasteiger partial charge on any atom is 0.255 e. The van der Waals surface area contributed by atoms with Crippen LogP contribution in [-0.2, 0) is 19.9 Å². The van der Waals surface area contributed by atoms with E-state index >= 15 is 0 Å². The van der Waals surface area contributed by atoms with Gasteiger partial charge < -0.3 is 15.6 Å². The Labute approximate surface area is 147 Å². The Balaban J connectivity index is 1.71. The highest BCUT2D eigenvalue weighted by atomic mass is 16.1. The maximum absolute atomic E-state index is 12.6. The van der Waals surface area contributed by atoms with Gasteiger partial charge in [0, 0.05) is 40.6 Å². The van der Waals surface area contributed by atoms with Crippen LogP contribution in [0.2, 0.25) is 0 Å². The second-order valence-corrected chi connectivity index (χ2v) is 7.14. The number of rotatable bonds is 2. The van der Waals surface area contributed by atoms with Gasteiger partial charge in [-0.05, 0) is 67.1 Å². The molecule has 1 atom stereocenters. The lowest BCUT2D eigenvalue weighted by molar-refractivity contribution is 0.102. The molecule has 3 aromatic rings. The maximum atomic E-state index is 12.6. The fourth-order valence-electron chi connectivity index (χ4n) is 3.91. The van der Waals surface area contributed by atoms with E-state index in [1.807, 2.05) is 24.3 Å². The molecular weight excluding hydrogens is 310 g/mol. The molecule has 0 saturated carbocycles. The zero-order chi connectivity index (χ0) is 17.6. The first-order valence-corrected chi connectivity index (χ1v) is 8.80. The number of anilines is 2. The summed E-state index contributed by atoms with van der Waals surface area (Å²) in [5.41, 5.74) is 11.9. The van der Waals surface area contributed by atoms with Gasteiger partial charge in [0.1, 0.15) is 0 Å². The van der Waals surface area contributed by atoms with Crippen molar-refractivity contribution in [1.29, 1.82) is 0 Å². The van der Waals surface area contributed by atoms with Crippen LogP contribution in [0.1, 0.15) is 35.0 Å². The highest BCUT2D eigenvalue weighted by molar-refractivity contribution is 6.06. The summed E-state index contributed by atoms with van der Waals surface area (Å²) in [6, 6.07) is 13.3. The van der Waals surface area contributed by atoms with Gasteiger partial charge in [0.05, 0.1) is 0 Å². The molecule has 128 valence electrons. The van der Waals surface area contributed by atoms with Crippen LogP contribution in [0.4, 0.5) is 11.4 Å². The van der Waals surface area contributed by atoms with E-state index < -0.39 is 0 Å². The Morgan fingerprint density at radius 1 is 1.24 bits per heavy atom. The number of carbonyl (C=O) groups is 1. The summed E-state index contributed by atoms with van der Waals surface area (Å²) in [7, 11) is 2.13. The number of fused-ring (bicyclic) bond motifs is 3. The molecule has 0 bridgehead atoms. The molecule has 4 rings (SSSR count). The quantitative estimate of drug-likeness (QED) is 0.693. The summed E-state index contributed by atoms with van der Waals surface area (Å²) in [4.78, 5) is 12.6. The van der Waals surface area contributed by atoms with Gasteiger partial charge in [0.15, 0.2) is 0 Å². The minimum absolute atomic E-state index is 0.103. The van der Waals surface area contributed by atoms with E-state index in [9.17, 15) is 4.79 Å². The van der Waals surface area contributed by atoms with E-state index in [2.05, 4.69) is 29.9 Å². The number of benzene rings is 2. The molecule has 1 aromatic heterocycles. The van der Waals surface area contributed by atoms with Crippen molar-refractivity contribution in [3.8, 4) is 0 Å². The number of carbonyl (C=O) groups excluding carboxylic acids is 1. The van der Waals surface area contributed by atoms with E-state index in [0.29, 0.717) is 22.9 Å². The number of nitrogens with two attached hydrogens (primary N) is 1. The molecule has 0 fully saturated rings. The Bertz CT molecular complexity index is 971. The molecule has 4 nitrogen and oxygen atoms in total. The van der Waals surface area contributed by atoms with Crippen LogP contribution in [0.25, 0.3) is 10.9 Å². The summed E-state index contributed by atoms with van der Waals surface area (Å²) in [6.07, 6.45) is 3.44. The van der Waals surface area contributed by atoms with E-state index in [0.717, 1.165) is 12.8 Å². The largest absolute Gasteiger partial charge is 0.399 e. The molecule has 2 aromatic carbocycles. The van der Waals surface area contributed by atoms with E-state index in [1.54, 1.807) is 12.1 Å². The van der Waals surface area contributed by atoms with Crippen molar-refractivity contribution in [2.24, 2.45) is 13.0 Å². The minimum Gasteiger partial charge on any atom is -0.399 e. The SMILES string of the molecule is CC1CCc2c(c3cc(C(=O)Nc4cccc(N)c4)ccc3n2C)C1. The number of nitrogens with one attached hydrogen (secondary N) is 1. The first-order valence-electron chi connectivity index (χ1n) is 8.80. The third-order valence-corrected chi connectivity index (χ3v) is 5.27. The second-order valence-electron chi connectivity index (χ2n) is 7.14. The molecule has 1 heterocycles. The van der Waals surface area contributed by atoms with Crippen molar-refractivity contribution < 1.29 is 4.79 Å². The molecule has 0 aliphatic heterocycles. The fourth-order valence-corrected chi connectivity index (χ4v) is 3.91. The number of hydrogen-bond acceptors (Lipinski definition) is 2. The third kappa shape index (κ3) is 2.78. The average molecular weight is 333 g/mol. The summed E-state index contributed by atoms with van der Waals surface area (Å²) in [5, 5.41) is 4.15. The van der Waals surface area contributed by atoms with Gasteiger partial charge in [-0.2, -0.15) is 0 Å². The number of nitrogen functional groups attached to an aromatic ring is 1. The van der Waals surface area contributed by atoms with Crippen LogP contribution in [-0.4, -0.2) is 10.5 Å². The summed E-state index contributed by atoms with van der Waals surface area (Å²) in [5.74, 6) is 0.594. The average Bonchev–Trinajstić information content (AvgIpc) is 2.86. The highest BCUT2D eigenvalue weighted by Crippen LogP contribution is 2.34. The highest BCUT2D eigenvalue weighted by Gasteiger charge is 2.22. The summed E-state index contributed by atoms with van der Waals surface area (Å²) in [6.45, 7) is 2.30. The van der Waals surface area contributed by atoms with Gasteiger partial charge in [-0.25, -0.2) is 0 Å². The standard InChI is InChI=1S/C21H23N3O/c1-13-6-8-19-17(10-13)18-11-14(7-9-20(18)24(19)2)21(25)23-16-5-3-4-15(22)12-16/h3-5,7,9,11-13H,6,8,10,22H2,1-2H3,(H,23,25). The molecule has 4 heteroatoms. The predicted octanol–water partition coefficient (Wildman–Crippen LogP) is 4.14. The van der Waals surface area contributed by atoms with Crippen LogP contribution >= 0.6 is 0 Å². The molecule has 1 aliphatic rings. The van der Waals surface area contributed by atoms with Crippen molar-refractivity contribution in [2.45, 2.75) is 26.2 Å². The van der Waals surface area contributed by atoms with Crippen LogP contribution in [0, 0.1) is 5.92 Å². The van der Waals surface area contributed by atoms with Crippen LogP contribution in [0.5, 0.6) is 0 Å². The number of hydrogen-bond donors (Lipinski definition) is 2. The Morgan fingerprint density at radius 3 is 2.88 bits per heavy atom. The minimum atomic E-state index is -0.103. The molecule has 0 saturated heterocycles. The normalized spacial score (nSPS) is 16.6. The lowest BCUT2D eigenvalue weighted by Crippen LogP contribution is -2.12. The Morgan fingerprint density at radius 2 is 2.08 bits per heavy atom. The zero-order valence-electron chi connectivity index (χ0n) is 14.7. The van der Waals surface area contributed by atoms with Gasteiger partial charge in [0.2, 0.25) is 0 Å². The zero-order valence-corrected chi connectivity index (χ0v) is 14.7. The lowest BCUT2D eigenvalue weighted by Gasteiger charge is -2.19. The molecule has 1 amide bonds.